The minimum atomic E-state index is 1.22. The van der Waals surface area contributed by atoms with E-state index in [1.807, 2.05) is 47.0 Å². The molecule has 0 radical (unpaired) electrons. The zero-order valence-corrected chi connectivity index (χ0v) is 35.5. The fourth-order valence-corrected chi connectivity index (χ4v) is 11.7. The molecule has 2 heterocycles. The molecule has 58 heavy (non-hydrogen) atoms. The third-order valence-corrected chi connectivity index (χ3v) is 15.2. The molecule has 0 fully saturated rings. The summed E-state index contributed by atoms with van der Waals surface area (Å²) in [5, 5.41) is 0. The molecule has 0 amide bonds. The summed E-state index contributed by atoms with van der Waals surface area (Å²) in [6.07, 6.45) is 8.75. The number of hydrogen-bond donors (Lipinski definition) is 0. The van der Waals surface area contributed by atoms with Crippen LogP contribution in [-0.2, 0) is 0 Å². The smallest absolute Gasteiger partial charge is 0.0340 e. The monoisotopic (exact) mass is 816 g/mol. The van der Waals surface area contributed by atoms with Crippen LogP contribution >= 0.6 is 47.0 Å². The molecule has 0 N–H and O–H groups in total. The van der Waals surface area contributed by atoms with E-state index in [-0.39, 0.29) is 0 Å². The molecule has 0 spiro atoms. The zero-order chi connectivity index (χ0) is 39.3. The SMILES string of the molecule is Cc1ccc(/C=C/c2cccc(-c3cccc4c3Sc3ccccc3S4)c2)cc1.Cc1ccc(/C=C/c2cccc(-c3cccc4c3Sc3ccccc3S4)c2)cc1. The number of benzene rings is 8. The molecular formula is C54H40S4. The van der Waals surface area contributed by atoms with Gasteiger partial charge in [0.05, 0.1) is 0 Å². The molecule has 0 aromatic heterocycles. The highest BCUT2D eigenvalue weighted by atomic mass is 32.2. The van der Waals surface area contributed by atoms with Gasteiger partial charge in [-0.3, -0.25) is 0 Å². The lowest BCUT2D eigenvalue weighted by Crippen LogP contribution is -1.92. The molecule has 10 rings (SSSR count). The molecule has 0 saturated heterocycles. The van der Waals surface area contributed by atoms with Crippen LogP contribution in [0.2, 0.25) is 0 Å². The maximum Gasteiger partial charge on any atom is 0.0340 e. The van der Waals surface area contributed by atoms with E-state index in [1.165, 1.54) is 94.8 Å². The first-order valence-electron chi connectivity index (χ1n) is 19.4. The molecule has 0 unspecified atom stereocenters. The summed E-state index contributed by atoms with van der Waals surface area (Å²) in [6, 6.07) is 65.5. The van der Waals surface area contributed by atoms with E-state index >= 15 is 0 Å². The van der Waals surface area contributed by atoms with Gasteiger partial charge in [-0.1, -0.05) is 216 Å². The maximum absolute atomic E-state index is 2.28. The van der Waals surface area contributed by atoms with Crippen molar-refractivity contribution in [3.8, 4) is 22.3 Å². The van der Waals surface area contributed by atoms with E-state index in [9.17, 15) is 0 Å². The summed E-state index contributed by atoms with van der Waals surface area (Å²) in [6.45, 7) is 4.23. The van der Waals surface area contributed by atoms with Crippen molar-refractivity contribution in [1.82, 2.24) is 0 Å². The zero-order valence-electron chi connectivity index (χ0n) is 32.3. The average molecular weight is 817 g/mol. The molecule has 2 aliphatic heterocycles. The molecule has 8 aromatic rings. The quantitative estimate of drug-likeness (QED) is 0.153. The molecule has 0 nitrogen and oxygen atoms in total. The van der Waals surface area contributed by atoms with Gasteiger partial charge in [0.1, 0.15) is 0 Å². The second kappa shape index (κ2) is 17.6. The maximum atomic E-state index is 2.28. The van der Waals surface area contributed by atoms with Crippen LogP contribution in [0.4, 0.5) is 0 Å². The second-order valence-electron chi connectivity index (χ2n) is 14.3. The van der Waals surface area contributed by atoms with Gasteiger partial charge in [0.25, 0.3) is 0 Å². The minimum absolute atomic E-state index is 1.22. The van der Waals surface area contributed by atoms with Crippen LogP contribution in [0.15, 0.2) is 221 Å². The molecule has 280 valence electrons. The van der Waals surface area contributed by atoms with Crippen molar-refractivity contribution in [3.05, 3.63) is 215 Å². The molecule has 2 aliphatic rings. The lowest BCUT2D eigenvalue weighted by molar-refractivity contribution is 1.16. The summed E-state index contributed by atoms with van der Waals surface area (Å²) >= 11 is 7.50. The first-order chi connectivity index (χ1) is 28.5. The summed E-state index contributed by atoms with van der Waals surface area (Å²) in [7, 11) is 0. The van der Waals surface area contributed by atoms with Gasteiger partial charge in [-0.25, -0.2) is 0 Å². The average Bonchev–Trinajstić information content (AvgIpc) is 3.27. The van der Waals surface area contributed by atoms with Crippen molar-refractivity contribution in [3.63, 3.8) is 0 Å². The Labute approximate surface area is 359 Å². The Morgan fingerprint density at radius 1 is 0.293 bits per heavy atom. The molecule has 8 aromatic carbocycles. The Morgan fingerprint density at radius 3 is 1.05 bits per heavy atom. The predicted molar refractivity (Wildman–Crippen MR) is 253 cm³/mol. The second-order valence-corrected chi connectivity index (χ2v) is 18.6. The molecule has 0 bridgehead atoms. The van der Waals surface area contributed by atoms with Crippen molar-refractivity contribution < 1.29 is 0 Å². The Bertz CT molecular complexity index is 2600. The van der Waals surface area contributed by atoms with Gasteiger partial charge in [-0.2, -0.15) is 0 Å². The molecule has 0 atom stereocenters. The Morgan fingerprint density at radius 2 is 0.638 bits per heavy atom. The van der Waals surface area contributed by atoms with Crippen molar-refractivity contribution in [1.29, 1.82) is 0 Å². The summed E-state index contributed by atoms with van der Waals surface area (Å²) < 4.78 is 0. The Hall–Kier alpha value is -5.36. The van der Waals surface area contributed by atoms with Gasteiger partial charge in [0.15, 0.2) is 0 Å². The number of rotatable bonds is 6. The molecule has 0 saturated carbocycles. The van der Waals surface area contributed by atoms with E-state index in [4.69, 9.17) is 0 Å². The summed E-state index contributed by atoms with van der Waals surface area (Å²) in [5.74, 6) is 0. The van der Waals surface area contributed by atoms with Crippen molar-refractivity contribution in [2.45, 2.75) is 53.0 Å². The van der Waals surface area contributed by atoms with Crippen molar-refractivity contribution in [2.24, 2.45) is 0 Å². The van der Waals surface area contributed by atoms with Crippen LogP contribution in [0.25, 0.3) is 46.6 Å². The van der Waals surface area contributed by atoms with Crippen LogP contribution < -0.4 is 0 Å². The van der Waals surface area contributed by atoms with Crippen LogP contribution in [0, 0.1) is 13.8 Å². The van der Waals surface area contributed by atoms with Gasteiger partial charge >= 0.3 is 0 Å². The topological polar surface area (TPSA) is 0 Å². The van der Waals surface area contributed by atoms with Crippen molar-refractivity contribution >= 4 is 71.4 Å². The fourth-order valence-electron chi connectivity index (χ4n) is 6.91. The van der Waals surface area contributed by atoms with E-state index in [1.54, 1.807) is 0 Å². The largest absolute Gasteiger partial charge is 0.0877 e. The van der Waals surface area contributed by atoms with Crippen LogP contribution in [-0.4, -0.2) is 0 Å². The normalized spacial score (nSPS) is 12.6. The van der Waals surface area contributed by atoms with Gasteiger partial charge in [0.2, 0.25) is 0 Å². The lowest BCUT2D eigenvalue weighted by atomic mass is 10.0. The predicted octanol–water partition coefficient (Wildman–Crippen LogP) is 16.9. The molecule has 4 heteroatoms. The first kappa shape index (κ1) is 38.2. The fraction of sp³-hybridized carbons (Fsp3) is 0.0370. The third kappa shape index (κ3) is 8.87. The van der Waals surface area contributed by atoms with Gasteiger partial charge in [-0.05, 0) is 107 Å². The van der Waals surface area contributed by atoms with Crippen LogP contribution in [0.1, 0.15) is 33.4 Å². The lowest BCUT2D eigenvalue weighted by Gasteiger charge is -2.21. The molecular weight excluding hydrogens is 777 g/mol. The van der Waals surface area contributed by atoms with E-state index in [0.717, 1.165) is 0 Å². The summed E-state index contributed by atoms with van der Waals surface area (Å²) in [5.41, 5.74) is 12.6. The Kier molecular flexibility index (Phi) is 11.6. The van der Waals surface area contributed by atoms with Crippen LogP contribution in [0.3, 0.4) is 0 Å². The van der Waals surface area contributed by atoms with Crippen molar-refractivity contribution in [2.75, 3.05) is 0 Å². The summed E-state index contributed by atoms with van der Waals surface area (Å²) in [4.78, 5) is 10.8. The van der Waals surface area contributed by atoms with Gasteiger partial charge < -0.3 is 0 Å². The van der Waals surface area contributed by atoms with Crippen LogP contribution in [0.5, 0.6) is 0 Å². The highest BCUT2D eigenvalue weighted by Crippen LogP contribution is 2.53. The number of aryl methyl sites for hydroxylation is 2. The minimum Gasteiger partial charge on any atom is -0.0877 e. The highest BCUT2D eigenvalue weighted by Gasteiger charge is 2.21. The van der Waals surface area contributed by atoms with E-state index in [0.29, 0.717) is 0 Å². The van der Waals surface area contributed by atoms with Gasteiger partial charge in [0, 0.05) is 39.2 Å². The van der Waals surface area contributed by atoms with E-state index in [2.05, 4.69) is 220 Å². The molecule has 0 aliphatic carbocycles. The van der Waals surface area contributed by atoms with E-state index < -0.39 is 0 Å². The highest BCUT2D eigenvalue weighted by molar-refractivity contribution is 8.05. The number of hydrogen-bond acceptors (Lipinski definition) is 4. The standard InChI is InChI=1S/2C27H20S2/c2*1-19-12-14-20(15-13-19)16-17-21-6-4-7-22(18-21)23-8-5-11-26-27(23)29-25-10-3-2-9-24(25)28-26/h2*2-18H,1H3/b2*17-16+. The van der Waals surface area contributed by atoms with Gasteiger partial charge in [-0.15, -0.1) is 0 Å². The Balaban J connectivity index is 0.000000150. The third-order valence-electron chi connectivity index (χ3n) is 10.0. The number of fused-ring (bicyclic) bond motifs is 4. The first-order valence-corrected chi connectivity index (χ1v) is 22.6.